The van der Waals surface area contributed by atoms with Gasteiger partial charge in [0.2, 0.25) is 11.9 Å². The van der Waals surface area contributed by atoms with E-state index in [4.69, 9.17) is 53.9 Å². The monoisotopic (exact) mass is 1880 g/mol. The first-order valence-electron chi connectivity index (χ1n) is 40.2. The van der Waals surface area contributed by atoms with Gasteiger partial charge < -0.3 is 100 Å². The van der Waals surface area contributed by atoms with Crippen molar-refractivity contribution in [3.63, 3.8) is 0 Å². The van der Waals surface area contributed by atoms with Crippen LogP contribution < -0.4 is 27.3 Å². The van der Waals surface area contributed by atoms with Crippen molar-refractivity contribution in [3.05, 3.63) is 88.9 Å². The Hall–Kier alpha value is -6.91. The van der Waals surface area contributed by atoms with Crippen molar-refractivity contribution in [3.8, 4) is 0 Å². The van der Waals surface area contributed by atoms with Gasteiger partial charge in [-0.25, -0.2) is 44.9 Å². The van der Waals surface area contributed by atoms with Crippen LogP contribution in [-0.4, -0.2) is 383 Å². The molecule has 10 aromatic rings. The number of nitrogens with one attached hydrogen (secondary N) is 4. The lowest BCUT2D eigenvalue weighted by Gasteiger charge is -2.19. The highest BCUT2D eigenvalue weighted by atomic mass is 32.1. The number of rotatable bonds is 21. The third-order valence-corrected chi connectivity index (χ3v) is 29.7. The average Bonchev–Trinajstić information content (AvgIpc) is 1.63. The van der Waals surface area contributed by atoms with Gasteiger partial charge in [0.1, 0.15) is 107 Å². The van der Waals surface area contributed by atoms with E-state index in [2.05, 4.69) is 168 Å². The number of ether oxygens (including phenoxy) is 5. The maximum Gasteiger partial charge on any atom is 0.281 e. The van der Waals surface area contributed by atoms with Crippen LogP contribution in [0.4, 0.5) is 11.9 Å². The fraction of sp³-hybridized carbons (Fsp3) is 0.615. The normalized spacial score (nSPS) is 27.1. The Morgan fingerprint density at radius 2 is 0.712 bits per heavy atom. The van der Waals surface area contributed by atoms with Gasteiger partial charge in [-0.1, -0.05) is 31.9 Å². The molecule has 5 aliphatic rings. The number of anilines is 2. The van der Waals surface area contributed by atoms with Crippen molar-refractivity contribution in [2.45, 2.75) is 190 Å². The molecular weight excluding hydrogens is 1750 g/mol. The first-order valence-corrected chi connectivity index (χ1v) is 56.3. The highest BCUT2D eigenvalue weighted by molar-refractivity contribution is 7.73. The molecule has 5 fully saturated rings. The molecule has 5 aliphatic heterocycles. The highest BCUT2D eigenvalue weighted by Crippen LogP contribution is 2.46. The van der Waals surface area contributed by atoms with Crippen molar-refractivity contribution in [2.24, 2.45) is 7.05 Å². The second-order valence-electron chi connectivity index (χ2n) is 36.0. The molecule has 0 spiro atoms. The molecule has 0 amide bonds. The number of aromatic nitrogens is 20. The molecule has 5 unspecified atom stereocenters. The number of aliphatic hydroxyl groups is 10. The van der Waals surface area contributed by atoms with Gasteiger partial charge in [-0.3, -0.25) is 46.8 Å². The number of imidazole rings is 5. The quantitative estimate of drug-likeness (QED) is 0.0362. The number of hydrogen-bond donors (Lipinski definition) is 15. The number of aromatic amines is 4. The fourth-order valence-electron chi connectivity index (χ4n) is 14.8. The summed E-state index contributed by atoms with van der Waals surface area (Å²) in [5, 5.41) is 104. The van der Waals surface area contributed by atoms with Crippen LogP contribution in [0.2, 0.25) is 0 Å². The molecule has 47 heteroatoms. The average molecular weight is 1880 g/mol. The summed E-state index contributed by atoms with van der Waals surface area (Å²) in [5.41, 5.74) is 8.58. The molecule has 125 heavy (non-hydrogen) atoms. The molecule has 0 radical (unpaired) electrons. The van der Waals surface area contributed by atoms with Gasteiger partial charge in [-0.05, 0) is 157 Å². The van der Waals surface area contributed by atoms with E-state index in [1.54, 1.807) is 75.5 Å². The van der Waals surface area contributed by atoms with E-state index in [-0.39, 0.29) is 46.7 Å². The Bertz CT molecular complexity index is 5970. The molecule has 692 valence electrons. The number of hydrogen-bond acceptors (Lipinski definition) is 32. The number of aliphatic hydroxyl groups excluding tert-OH is 10. The summed E-state index contributed by atoms with van der Waals surface area (Å²) in [7, 11) is 5.15. The Morgan fingerprint density at radius 1 is 0.408 bits per heavy atom. The molecular formula is C78H125N22O18P5S2. The smallest absolute Gasteiger partial charge is 0.281 e. The largest absolute Gasteiger partial charge is 0.388 e. The third kappa shape index (κ3) is 23.1. The summed E-state index contributed by atoms with van der Waals surface area (Å²) in [6, 6.07) is 0. The summed E-state index contributed by atoms with van der Waals surface area (Å²) in [6.45, 7) is 22.0. The second kappa shape index (κ2) is 39.4. The van der Waals surface area contributed by atoms with Gasteiger partial charge in [-0.2, -0.15) is 4.98 Å². The number of H-pyrrole nitrogens is 4. The Balaban J connectivity index is 0.000000163. The number of nitrogen functional groups attached to an aromatic ring is 1. The van der Waals surface area contributed by atoms with Crippen molar-refractivity contribution in [1.29, 1.82) is 0 Å². The molecule has 5 saturated heterocycles. The van der Waals surface area contributed by atoms with Crippen LogP contribution in [0.5, 0.6) is 0 Å². The third-order valence-electron chi connectivity index (χ3n) is 21.8. The molecule has 10 aromatic heterocycles. The lowest BCUT2D eigenvalue weighted by Crippen LogP contribution is -2.32. The van der Waals surface area contributed by atoms with Crippen LogP contribution in [0.15, 0.2) is 39.7 Å². The minimum atomic E-state index is -1.28. The zero-order valence-electron chi connectivity index (χ0n) is 72.9. The minimum absolute atomic E-state index is 0. The molecule has 15 heterocycles. The zero-order valence-corrected chi connectivity index (χ0v) is 79.0. The van der Waals surface area contributed by atoms with Crippen LogP contribution in [0.3, 0.4) is 0 Å². The Labute approximate surface area is 734 Å². The van der Waals surface area contributed by atoms with Gasteiger partial charge in [0.25, 0.3) is 16.7 Å². The van der Waals surface area contributed by atoms with Gasteiger partial charge in [0.05, 0.1) is 55.8 Å². The van der Waals surface area contributed by atoms with Crippen molar-refractivity contribution < 1.29 is 74.7 Å². The molecule has 0 bridgehead atoms. The van der Waals surface area contributed by atoms with E-state index < -0.39 is 163 Å². The second-order valence-corrected chi connectivity index (χ2v) is 58.4. The van der Waals surface area contributed by atoms with Crippen molar-refractivity contribution in [1.82, 2.24) is 97.2 Å². The minimum Gasteiger partial charge on any atom is -0.388 e. The highest BCUT2D eigenvalue weighted by Gasteiger charge is 2.49. The van der Waals surface area contributed by atoms with E-state index >= 15 is 0 Å². The van der Waals surface area contributed by atoms with Gasteiger partial charge >= 0.3 is 0 Å². The maximum atomic E-state index is 12.3. The van der Waals surface area contributed by atoms with E-state index in [9.17, 15) is 65.4 Å². The fourth-order valence-corrected chi connectivity index (χ4v) is 20.2. The van der Waals surface area contributed by atoms with Crippen LogP contribution in [-0.2, 0) is 30.7 Å². The van der Waals surface area contributed by atoms with Crippen LogP contribution in [0, 0.1) is 37.0 Å². The van der Waals surface area contributed by atoms with Crippen molar-refractivity contribution in [2.75, 3.05) is 122 Å². The topological polar surface area (TPSA) is 551 Å². The van der Waals surface area contributed by atoms with E-state index in [0.717, 1.165) is 30.8 Å². The lowest BCUT2D eigenvalue weighted by molar-refractivity contribution is -0.0353. The molecule has 0 aliphatic carbocycles. The van der Waals surface area contributed by atoms with E-state index in [1.807, 2.05) is 0 Å². The Morgan fingerprint density at radius 3 is 1.07 bits per heavy atom. The van der Waals surface area contributed by atoms with E-state index in [1.165, 1.54) is 30.9 Å². The molecule has 40 nitrogen and oxygen atoms in total. The molecule has 15 rings (SSSR count). The number of nitrogens with two attached hydrogens (primary N) is 1. The van der Waals surface area contributed by atoms with Crippen molar-refractivity contribution >= 4 is 158 Å². The summed E-state index contributed by atoms with van der Waals surface area (Å²) >= 11 is 10.4. The zero-order chi connectivity index (χ0) is 91.5. The standard InChI is InChI=1S/C16H26N5O4P.C16H25N4O4P.C15H24N5O4P.2C15H23N4O3PS.CH4/c1-20(2)16-18-13-10(14(24)19-16)17-8-21(13)15-12(23)11(22)9(25-15)6-7-26(3,4)5;1-9-18-14-11(15(23)19(9)2)17-8-20(14)16-13(22)12(21)10(24-16)6-7-25(3,4)5;1-7-17-12-9(13(23)18-7)19-15(16)20(12)14-11(22)10(21)8(24-14)5-6-25(2,3)4;2*1-8-17-13-10(14(24)18-8)16-7-19(13)15-12(21)11(20)9(22-15)5-6-23(2,3)4;/h8-9,11-12,15,22-23H,3,6-7H2,1-2,4-5H3,(H,18,19,24);8,10,12-13,16,21-22H,3,6-7H2,1-2,4-5H3;8,10-11,14,21-22H,2,5-6H2,1,3-4H3,(H2,16,19)(H,17,18,23);2*7,9,11-12,15,20-21H,2,5-6H2,1,3-4H3,(H,17,18,24);1H4/t9-,11-,12-,15?;10-,12-,13-,16?;8-,10-,11-,14?;2*9-,11-,12-,15?;/m11111./s1. The van der Waals surface area contributed by atoms with E-state index in [0.29, 0.717) is 104 Å². The maximum absolute atomic E-state index is 12.3. The van der Waals surface area contributed by atoms with Gasteiger partial charge in [0.15, 0.2) is 73.9 Å². The number of nitrogens with zero attached hydrogens (tertiary/aromatic N) is 17. The van der Waals surface area contributed by atoms with Crippen LogP contribution >= 0.6 is 58.9 Å². The predicted octanol–water partition coefficient (Wildman–Crippen LogP) is 3.46. The van der Waals surface area contributed by atoms with Gasteiger partial charge in [0, 0.05) is 21.1 Å². The first-order chi connectivity index (χ1) is 57.6. The lowest BCUT2D eigenvalue weighted by atomic mass is 10.1. The predicted molar refractivity (Wildman–Crippen MR) is 505 cm³/mol. The molecule has 0 aromatic carbocycles. The summed E-state index contributed by atoms with van der Waals surface area (Å²) < 4.78 is 39.6. The van der Waals surface area contributed by atoms with Gasteiger partial charge in [-0.15, -0.1) is 65.9 Å². The molecule has 20 atom stereocenters. The van der Waals surface area contributed by atoms with Crippen LogP contribution in [0.1, 0.15) is 94.0 Å². The molecule has 0 saturated carbocycles. The SMILES string of the molecule is C.C=P(C)(C)CC[C@H]1OC(n2c(N)nc3c(=O)[nH]c(C)nc32)[C@H](O)[C@@H]1O.C=P(C)(C)CC[C@H]1OC(n2cnc3c(=O)[nH]c(N(C)C)nc32)[C@H](O)[C@@H]1O.C=P(C)(C)CC[C@H]1OC(n2cnc3c(=O)n(C)c(C)nc32)[C@H](O)[C@@H]1O.C=P(C)(C)CC[C@H]1OC(n2cnc3c(=S)nc(C)[nH]c32)[C@H](O)[C@@H]1O.C=P(C)(C)CC[C@H]1OC(n2cnc3c(=S)nc(C)[nH]c32)[C@H](O)[C@@H]1O. The number of aryl methyl sites for hydroxylation is 4. The summed E-state index contributed by atoms with van der Waals surface area (Å²) in [4.78, 5) is 91.8. The molecule has 16 N–H and O–H groups in total. The Kier molecular flexibility index (Phi) is 31.6. The summed E-state index contributed by atoms with van der Waals surface area (Å²) in [5.74, 6) is 2.61. The number of fused-ring (bicyclic) bond motifs is 5. The van der Waals surface area contributed by atoms with Crippen LogP contribution in [0.25, 0.3) is 55.8 Å². The summed E-state index contributed by atoms with van der Waals surface area (Å²) in [6.07, 6.45) is 17.4. The first kappa shape index (κ1) is 100.